The number of nitrogens with zero attached hydrogens (tertiary/aromatic N) is 2. The molecule has 0 bridgehead atoms. The number of carbonyl (C=O) groups is 1. The van der Waals surface area contributed by atoms with Crippen molar-refractivity contribution in [1.82, 2.24) is 10.2 Å². The summed E-state index contributed by atoms with van der Waals surface area (Å²) in [6.07, 6.45) is 8.76. The van der Waals surface area contributed by atoms with Crippen molar-refractivity contribution in [2.75, 3.05) is 25.4 Å². The minimum atomic E-state index is -0.663. The molecular formula is C17H27N3OS. The number of thioether (sulfide) groups is 1. The molecule has 0 aromatic rings. The second-order valence-corrected chi connectivity index (χ2v) is 9.00. The Bertz CT molecular complexity index is 460. The first-order chi connectivity index (χ1) is 10.6. The Labute approximate surface area is 138 Å². The van der Waals surface area contributed by atoms with Gasteiger partial charge in [-0.2, -0.15) is 17.0 Å². The SMILES string of the molecule is C[C@@](C#N)(NC(=O)CN1CCSC2(CCCCC2)C1)C1CC1. The molecule has 4 nitrogen and oxygen atoms in total. The van der Waals surface area contributed by atoms with Crippen molar-refractivity contribution in [2.24, 2.45) is 5.92 Å². The van der Waals surface area contributed by atoms with Gasteiger partial charge in [-0.15, -0.1) is 0 Å². The van der Waals surface area contributed by atoms with E-state index in [1.54, 1.807) is 0 Å². The van der Waals surface area contributed by atoms with E-state index in [0.29, 0.717) is 17.2 Å². The third-order valence-electron chi connectivity index (χ3n) is 5.48. The summed E-state index contributed by atoms with van der Waals surface area (Å²) in [6, 6.07) is 2.31. The van der Waals surface area contributed by atoms with Gasteiger partial charge in [0.05, 0.1) is 12.6 Å². The van der Waals surface area contributed by atoms with Gasteiger partial charge in [0.1, 0.15) is 5.54 Å². The van der Waals surface area contributed by atoms with E-state index in [1.807, 2.05) is 6.92 Å². The third-order valence-corrected chi connectivity index (χ3v) is 7.02. The Morgan fingerprint density at radius 2 is 2.14 bits per heavy atom. The number of hydrogen-bond acceptors (Lipinski definition) is 4. The average molecular weight is 321 g/mol. The standard InChI is InChI=1S/C17H27N3OS/c1-16(12-18,14-5-6-14)19-15(21)11-20-9-10-22-17(13-20)7-3-2-4-8-17/h14H,2-11,13H2,1H3,(H,19,21)/t16-/m0/s1. The van der Waals surface area contributed by atoms with Crippen molar-refractivity contribution >= 4 is 17.7 Å². The molecule has 1 amide bonds. The summed E-state index contributed by atoms with van der Waals surface area (Å²) in [4.78, 5) is 14.7. The fourth-order valence-corrected chi connectivity index (χ4v) is 5.60. The Hall–Kier alpha value is -0.730. The summed E-state index contributed by atoms with van der Waals surface area (Å²) in [5.74, 6) is 1.50. The van der Waals surface area contributed by atoms with E-state index in [9.17, 15) is 10.1 Å². The van der Waals surface area contributed by atoms with Crippen molar-refractivity contribution in [3.63, 3.8) is 0 Å². The molecule has 3 fully saturated rings. The number of nitriles is 1. The van der Waals surface area contributed by atoms with Crippen molar-refractivity contribution in [2.45, 2.75) is 62.2 Å². The van der Waals surface area contributed by atoms with Gasteiger partial charge in [-0.05, 0) is 38.5 Å². The molecule has 3 rings (SSSR count). The third kappa shape index (κ3) is 3.60. The molecule has 22 heavy (non-hydrogen) atoms. The van der Waals surface area contributed by atoms with E-state index in [0.717, 1.165) is 31.7 Å². The van der Waals surface area contributed by atoms with Gasteiger partial charge in [-0.1, -0.05) is 19.3 Å². The maximum Gasteiger partial charge on any atom is 0.235 e. The van der Waals surface area contributed by atoms with E-state index in [-0.39, 0.29) is 5.91 Å². The Morgan fingerprint density at radius 1 is 1.41 bits per heavy atom. The topological polar surface area (TPSA) is 56.1 Å². The lowest BCUT2D eigenvalue weighted by Crippen LogP contribution is -2.54. The Morgan fingerprint density at radius 3 is 2.77 bits per heavy atom. The quantitative estimate of drug-likeness (QED) is 0.864. The highest BCUT2D eigenvalue weighted by Gasteiger charge is 2.43. The van der Waals surface area contributed by atoms with Crippen LogP contribution < -0.4 is 5.32 Å². The van der Waals surface area contributed by atoms with Crippen LogP contribution in [0, 0.1) is 17.2 Å². The largest absolute Gasteiger partial charge is 0.337 e. The zero-order chi connectivity index (χ0) is 15.6. The number of carbonyl (C=O) groups excluding carboxylic acids is 1. The zero-order valence-corrected chi connectivity index (χ0v) is 14.4. The monoisotopic (exact) mass is 321 g/mol. The summed E-state index contributed by atoms with van der Waals surface area (Å²) in [5, 5.41) is 12.4. The Balaban J connectivity index is 1.54. The average Bonchev–Trinajstić information content (AvgIpc) is 3.33. The number of rotatable bonds is 4. The summed E-state index contributed by atoms with van der Waals surface area (Å²) in [5.41, 5.74) is -0.663. The van der Waals surface area contributed by atoms with Gasteiger partial charge < -0.3 is 5.32 Å². The molecular weight excluding hydrogens is 294 g/mol. The second-order valence-electron chi connectivity index (χ2n) is 7.44. The van der Waals surface area contributed by atoms with E-state index in [1.165, 1.54) is 32.1 Å². The summed E-state index contributed by atoms with van der Waals surface area (Å²) in [6.45, 7) is 4.36. The van der Waals surface area contributed by atoms with Gasteiger partial charge in [0.25, 0.3) is 0 Å². The molecule has 1 atom stereocenters. The fraction of sp³-hybridized carbons (Fsp3) is 0.882. The minimum Gasteiger partial charge on any atom is -0.337 e. The molecule has 0 aromatic carbocycles. The molecule has 1 aliphatic heterocycles. The van der Waals surface area contributed by atoms with Gasteiger partial charge in [0, 0.05) is 23.6 Å². The van der Waals surface area contributed by atoms with Crippen LogP contribution in [0.15, 0.2) is 0 Å². The highest BCUT2D eigenvalue weighted by Crippen LogP contribution is 2.43. The molecule has 2 saturated carbocycles. The first kappa shape index (κ1) is 16.1. The molecule has 2 aliphatic carbocycles. The van der Waals surface area contributed by atoms with Gasteiger partial charge >= 0.3 is 0 Å². The molecule has 1 heterocycles. The van der Waals surface area contributed by atoms with Gasteiger partial charge in [-0.25, -0.2) is 0 Å². The van der Waals surface area contributed by atoms with Crippen LogP contribution in [-0.2, 0) is 4.79 Å². The van der Waals surface area contributed by atoms with Crippen molar-refractivity contribution in [3.05, 3.63) is 0 Å². The minimum absolute atomic E-state index is 0.0220. The highest BCUT2D eigenvalue weighted by atomic mass is 32.2. The van der Waals surface area contributed by atoms with E-state index in [4.69, 9.17) is 0 Å². The molecule has 1 saturated heterocycles. The fourth-order valence-electron chi connectivity index (χ4n) is 3.97. The molecule has 122 valence electrons. The smallest absolute Gasteiger partial charge is 0.235 e. The van der Waals surface area contributed by atoms with Crippen LogP contribution >= 0.6 is 11.8 Å². The van der Waals surface area contributed by atoms with Crippen molar-refractivity contribution in [3.8, 4) is 6.07 Å². The first-order valence-electron chi connectivity index (χ1n) is 8.64. The first-order valence-corrected chi connectivity index (χ1v) is 9.62. The van der Waals surface area contributed by atoms with E-state index in [2.05, 4.69) is 28.0 Å². The van der Waals surface area contributed by atoms with Gasteiger partial charge in [0.15, 0.2) is 0 Å². The molecule has 0 aromatic heterocycles. The highest BCUT2D eigenvalue weighted by molar-refractivity contribution is 8.00. The van der Waals surface area contributed by atoms with Crippen LogP contribution in [0.2, 0.25) is 0 Å². The molecule has 0 unspecified atom stereocenters. The maximum atomic E-state index is 12.4. The normalized spacial score (nSPS) is 27.8. The van der Waals surface area contributed by atoms with Gasteiger partial charge in [0.2, 0.25) is 5.91 Å². The summed E-state index contributed by atoms with van der Waals surface area (Å²) in [7, 11) is 0. The van der Waals surface area contributed by atoms with Gasteiger partial charge in [-0.3, -0.25) is 9.69 Å². The van der Waals surface area contributed by atoms with Crippen LogP contribution in [0.4, 0.5) is 0 Å². The van der Waals surface area contributed by atoms with Crippen LogP contribution in [0.25, 0.3) is 0 Å². The predicted octanol–water partition coefficient (Wildman–Crippen LogP) is 2.55. The maximum absolute atomic E-state index is 12.4. The second kappa shape index (κ2) is 6.41. The lowest BCUT2D eigenvalue weighted by atomic mass is 9.87. The van der Waals surface area contributed by atoms with E-state index >= 15 is 0 Å². The van der Waals surface area contributed by atoms with Crippen molar-refractivity contribution < 1.29 is 4.79 Å². The number of amides is 1. The van der Waals surface area contributed by atoms with E-state index < -0.39 is 5.54 Å². The van der Waals surface area contributed by atoms with Crippen LogP contribution in [0.1, 0.15) is 51.9 Å². The molecule has 5 heteroatoms. The molecule has 1 spiro atoms. The lowest BCUT2D eigenvalue weighted by Gasteiger charge is -2.44. The van der Waals surface area contributed by atoms with Crippen molar-refractivity contribution in [1.29, 1.82) is 5.26 Å². The molecule has 3 aliphatic rings. The number of nitrogens with one attached hydrogen (secondary N) is 1. The van der Waals surface area contributed by atoms with Crippen LogP contribution in [-0.4, -0.2) is 46.5 Å². The molecule has 0 radical (unpaired) electrons. The summed E-state index contributed by atoms with van der Waals surface area (Å²) >= 11 is 2.12. The van der Waals surface area contributed by atoms with Crippen LogP contribution in [0.5, 0.6) is 0 Å². The summed E-state index contributed by atoms with van der Waals surface area (Å²) < 4.78 is 0.395. The number of hydrogen-bond donors (Lipinski definition) is 1. The predicted molar refractivity (Wildman–Crippen MR) is 89.6 cm³/mol. The zero-order valence-electron chi connectivity index (χ0n) is 13.6. The lowest BCUT2D eigenvalue weighted by molar-refractivity contribution is -0.123. The molecule has 1 N–H and O–H groups in total. The van der Waals surface area contributed by atoms with Crippen LogP contribution in [0.3, 0.4) is 0 Å². The Kier molecular flexibility index (Phi) is 4.70.